The maximum absolute atomic E-state index is 11.5. The molecule has 0 aromatic carbocycles. The van der Waals surface area contributed by atoms with Gasteiger partial charge in [0.1, 0.15) is 0 Å². The molecule has 110 valence electrons. The van der Waals surface area contributed by atoms with Crippen molar-refractivity contribution in [2.45, 2.75) is 12.8 Å². The number of nitrogens with zero attached hydrogens (tertiary/aromatic N) is 1. The van der Waals surface area contributed by atoms with Gasteiger partial charge in [0.15, 0.2) is 5.82 Å². The summed E-state index contributed by atoms with van der Waals surface area (Å²) in [7, 11) is 1.36. The Balaban J connectivity index is 2.16. The second-order valence-electron chi connectivity index (χ2n) is 4.66. The number of carbonyl (C=O) groups is 1. The Morgan fingerprint density at radius 2 is 2.30 bits per heavy atom. The van der Waals surface area contributed by atoms with Crippen molar-refractivity contribution in [2.75, 3.05) is 32.2 Å². The average Bonchev–Trinajstić information content (AvgIpc) is 2.46. The zero-order valence-corrected chi connectivity index (χ0v) is 11.1. The molecular weight excluding hydrogens is 266 g/mol. The van der Waals surface area contributed by atoms with Gasteiger partial charge in [-0.05, 0) is 12.8 Å². The first kappa shape index (κ1) is 14.3. The molecule has 3 N–H and O–H groups in total. The van der Waals surface area contributed by atoms with Crippen molar-refractivity contribution in [3.8, 4) is 5.75 Å². The summed E-state index contributed by atoms with van der Waals surface area (Å²) in [5.74, 6) is -0.597. The molecule has 1 aromatic heterocycles. The number of hydrogen-bond donors (Lipinski definition) is 3. The molecule has 1 aromatic rings. The van der Waals surface area contributed by atoms with Gasteiger partial charge in [-0.15, -0.1) is 0 Å². The fourth-order valence-electron chi connectivity index (χ4n) is 2.18. The molecule has 8 heteroatoms. The van der Waals surface area contributed by atoms with Crippen molar-refractivity contribution < 1.29 is 19.4 Å². The summed E-state index contributed by atoms with van der Waals surface area (Å²) in [5.41, 5.74) is -1.32. The van der Waals surface area contributed by atoms with Crippen LogP contribution in [0.3, 0.4) is 0 Å². The molecule has 1 aliphatic heterocycles. The summed E-state index contributed by atoms with van der Waals surface area (Å²) in [6.45, 7) is 0.986. The maximum Gasteiger partial charge on any atom is 0.311 e. The lowest BCUT2D eigenvalue weighted by atomic mass is 9.80. The monoisotopic (exact) mass is 283 g/mol. The van der Waals surface area contributed by atoms with Crippen LogP contribution in [-0.2, 0) is 9.53 Å². The number of ether oxygens (including phenoxy) is 2. The van der Waals surface area contributed by atoms with Crippen molar-refractivity contribution >= 4 is 11.8 Å². The van der Waals surface area contributed by atoms with Crippen LogP contribution in [0.4, 0.5) is 5.82 Å². The van der Waals surface area contributed by atoms with Crippen LogP contribution >= 0.6 is 0 Å². The lowest BCUT2D eigenvalue weighted by molar-refractivity contribution is -0.153. The minimum Gasteiger partial charge on any atom is -0.489 e. The van der Waals surface area contributed by atoms with E-state index >= 15 is 0 Å². The van der Waals surface area contributed by atoms with E-state index in [0.29, 0.717) is 26.1 Å². The van der Waals surface area contributed by atoms with E-state index in [9.17, 15) is 14.7 Å². The van der Waals surface area contributed by atoms with Crippen LogP contribution in [-0.4, -0.2) is 47.9 Å². The molecule has 0 amide bonds. The number of H-pyrrole nitrogens is 1. The summed E-state index contributed by atoms with van der Waals surface area (Å²) in [6.07, 6.45) is 2.08. The number of nitrogens with one attached hydrogen (secondary N) is 2. The van der Waals surface area contributed by atoms with Gasteiger partial charge in [-0.25, -0.2) is 4.98 Å². The second-order valence-corrected chi connectivity index (χ2v) is 4.66. The molecule has 0 atom stereocenters. The van der Waals surface area contributed by atoms with Crippen LogP contribution in [0.2, 0.25) is 0 Å². The number of methoxy groups -OCH3 is 1. The first-order chi connectivity index (χ1) is 9.59. The second kappa shape index (κ2) is 5.91. The molecule has 1 fully saturated rings. The number of anilines is 1. The van der Waals surface area contributed by atoms with Crippen molar-refractivity contribution in [1.82, 2.24) is 9.97 Å². The number of aromatic amines is 1. The predicted octanol–water partition coefficient (Wildman–Crippen LogP) is 0.0718. The molecule has 0 saturated carbocycles. The quantitative estimate of drug-likeness (QED) is 0.700. The normalized spacial score (nSPS) is 17.4. The molecule has 0 radical (unpaired) electrons. The highest BCUT2D eigenvalue weighted by Gasteiger charge is 2.40. The first-order valence-electron chi connectivity index (χ1n) is 6.26. The van der Waals surface area contributed by atoms with Gasteiger partial charge in [-0.2, -0.15) is 0 Å². The average molecular weight is 283 g/mol. The number of aromatic nitrogens is 2. The number of carboxylic acid groups (broad SMARTS) is 1. The standard InChI is InChI=1S/C12H17N3O5/c1-19-8-9(14-7-15-10(8)16)13-6-12(11(17)18)2-4-20-5-3-12/h7H,2-6H2,1H3,(H,17,18)(H2,13,14,15,16). The summed E-state index contributed by atoms with van der Waals surface area (Å²) < 4.78 is 10.2. The van der Waals surface area contributed by atoms with Crippen molar-refractivity contribution in [3.05, 3.63) is 16.7 Å². The highest BCUT2D eigenvalue weighted by atomic mass is 16.5. The molecule has 8 nitrogen and oxygen atoms in total. The number of aliphatic carboxylic acids is 1. The Bertz CT molecular complexity index is 536. The van der Waals surface area contributed by atoms with E-state index in [4.69, 9.17) is 9.47 Å². The molecule has 20 heavy (non-hydrogen) atoms. The van der Waals surface area contributed by atoms with E-state index < -0.39 is 16.9 Å². The molecular formula is C12H17N3O5. The highest BCUT2D eigenvalue weighted by molar-refractivity contribution is 5.75. The Morgan fingerprint density at radius 1 is 1.60 bits per heavy atom. The van der Waals surface area contributed by atoms with Crippen LogP contribution in [0.15, 0.2) is 11.1 Å². The van der Waals surface area contributed by atoms with E-state index in [-0.39, 0.29) is 18.1 Å². The summed E-state index contributed by atoms with van der Waals surface area (Å²) >= 11 is 0. The zero-order chi connectivity index (χ0) is 14.6. The minimum absolute atomic E-state index is 0.0418. The maximum atomic E-state index is 11.5. The summed E-state index contributed by atoms with van der Waals surface area (Å²) in [4.78, 5) is 29.4. The van der Waals surface area contributed by atoms with Gasteiger partial charge in [-0.3, -0.25) is 9.59 Å². The molecule has 1 aliphatic rings. The zero-order valence-electron chi connectivity index (χ0n) is 11.1. The lowest BCUT2D eigenvalue weighted by Crippen LogP contribution is -2.43. The summed E-state index contributed by atoms with van der Waals surface area (Å²) in [5, 5.41) is 12.3. The van der Waals surface area contributed by atoms with Crippen LogP contribution in [0.1, 0.15) is 12.8 Å². The molecule has 0 bridgehead atoms. The fraction of sp³-hybridized carbons (Fsp3) is 0.583. The molecule has 0 spiro atoms. The van der Waals surface area contributed by atoms with E-state index in [1.165, 1.54) is 13.4 Å². The number of hydrogen-bond acceptors (Lipinski definition) is 6. The van der Waals surface area contributed by atoms with Crippen molar-refractivity contribution in [2.24, 2.45) is 5.41 Å². The topological polar surface area (TPSA) is 114 Å². The minimum atomic E-state index is -0.909. The Hall–Kier alpha value is -2.09. The Morgan fingerprint density at radius 3 is 2.90 bits per heavy atom. The number of carboxylic acids is 1. The van der Waals surface area contributed by atoms with E-state index in [0.717, 1.165) is 0 Å². The van der Waals surface area contributed by atoms with Crippen LogP contribution in [0.25, 0.3) is 0 Å². The van der Waals surface area contributed by atoms with Crippen molar-refractivity contribution in [3.63, 3.8) is 0 Å². The molecule has 0 aliphatic carbocycles. The Kier molecular flexibility index (Phi) is 4.23. The van der Waals surface area contributed by atoms with Crippen LogP contribution in [0.5, 0.6) is 5.75 Å². The third-order valence-corrected chi connectivity index (χ3v) is 3.51. The summed E-state index contributed by atoms with van der Waals surface area (Å²) in [6, 6.07) is 0. The fourth-order valence-corrected chi connectivity index (χ4v) is 2.18. The van der Waals surface area contributed by atoms with E-state index in [1.807, 2.05) is 0 Å². The largest absolute Gasteiger partial charge is 0.489 e. The van der Waals surface area contributed by atoms with Gasteiger partial charge < -0.3 is 24.9 Å². The molecule has 1 saturated heterocycles. The molecule has 0 unspecified atom stereocenters. The molecule has 2 heterocycles. The number of rotatable bonds is 5. The van der Waals surface area contributed by atoms with Gasteiger partial charge in [-0.1, -0.05) is 0 Å². The predicted molar refractivity (Wildman–Crippen MR) is 70.0 cm³/mol. The van der Waals surface area contributed by atoms with Gasteiger partial charge in [0.25, 0.3) is 5.56 Å². The smallest absolute Gasteiger partial charge is 0.311 e. The SMILES string of the molecule is COc1c(NCC2(C(=O)O)CCOCC2)nc[nH]c1=O. The first-order valence-corrected chi connectivity index (χ1v) is 6.26. The van der Waals surface area contributed by atoms with Gasteiger partial charge in [0.05, 0.1) is 18.9 Å². The van der Waals surface area contributed by atoms with E-state index in [2.05, 4.69) is 15.3 Å². The third kappa shape index (κ3) is 2.74. The van der Waals surface area contributed by atoms with Crippen LogP contribution < -0.4 is 15.6 Å². The van der Waals surface area contributed by atoms with Gasteiger partial charge in [0.2, 0.25) is 5.75 Å². The lowest BCUT2D eigenvalue weighted by Gasteiger charge is -2.33. The molecule has 2 rings (SSSR count). The van der Waals surface area contributed by atoms with Crippen molar-refractivity contribution in [1.29, 1.82) is 0 Å². The Labute approximate surface area is 115 Å². The van der Waals surface area contributed by atoms with Crippen LogP contribution in [0, 0.1) is 5.41 Å². The third-order valence-electron chi connectivity index (χ3n) is 3.51. The van der Waals surface area contributed by atoms with E-state index in [1.54, 1.807) is 0 Å². The van der Waals surface area contributed by atoms with Gasteiger partial charge in [0, 0.05) is 19.8 Å². The highest BCUT2D eigenvalue weighted by Crippen LogP contribution is 2.31. The van der Waals surface area contributed by atoms with Gasteiger partial charge >= 0.3 is 5.97 Å².